The molecule has 3 nitrogen and oxygen atoms in total. The molecule has 0 aromatic rings. The quantitative estimate of drug-likeness (QED) is 0.574. The lowest BCUT2D eigenvalue weighted by atomic mass is 10.0. The molecule has 0 amide bonds. The Kier molecular flexibility index (Phi) is 5.69. The van der Waals surface area contributed by atoms with Gasteiger partial charge in [-0.3, -0.25) is 4.79 Å². The van der Waals surface area contributed by atoms with Gasteiger partial charge in [-0.1, -0.05) is 19.8 Å². The van der Waals surface area contributed by atoms with Crippen molar-refractivity contribution in [2.24, 2.45) is 5.92 Å². The Labute approximate surface area is 92.6 Å². The van der Waals surface area contributed by atoms with Crippen LogP contribution < -0.4 is 5.32 Å². The van der Waals surface area contributed by atoms with Gasteiger partial charge in [0.05, 0.1) is 13.2 Å². The monoisotopic (exact) mass is 213 g/mol. The molecule has 1 fully saturated rings. The molecule has 0 aliphatic heterocycles. The maximum Gasteiger partial charge on any atom is 0.319 e. The van der Waals surface area contributed by atoms with Crippen molar-refractivity contribution in [3.05, 3.63) is 0 Å². The molecule has 0 aromatic heterocycles. The molecular weight excluding hydrogens is 190 g/mol. The minimum atomic E-state index is -0.130. The number of hydrogen-bond acceptors (Lipinski definition) is 3. The van der Waals surface area contributed by atoms with Gasteiger partial charge in [0.1, 0.15) is 0 Å². The summed E-state index contributed by atoms with van der Waals surface area (Å²) in [5, 5.41) is 3.29. The molecule has 0 bridgehead atoms. The number of carbonyl (C=O) groups is 1. The molecule has 0 saturated heterocycles. The van der Waals surface area contributed by atoms with Gasteiger partial charge in [-0.05, 0) is 32.1 Å². The largest absolute Gasteiger partial charge is 0.465 e. The molecule has 1 N–H and O–H groups in total. The average molecular weight is 213 g/mol. The number of hydrogen-bond donors (Lipinski definition) is 1. The Morgan fingerprint density at radius 3 is 2.87 bits per heavy atom. The van der Waals surface area contributed by atoms with Crippen LogP contribution in [-0.4, -0.2) is 25.2 Å². The van der Waals surface area contributed by atoms with Crippen LogP contribution in [0.4, 0.5) is 0 Å². The van der Waals surface area contributed by atoms with E-state index in [1.807, 2.05) is 6.92 Å². The standard InChI is InChI=1S/C12H23NO2/c1-3-15-12(14)9-13-11-6-4-5-10(2)7-8-11/h10-11,13H,3-9H2,1-2H3. The van der Waals surface area contributed by atoms with Gasteiger partial charge in [0.15, 0.2) is 0 Å². The molecule has 3 heteroatoms. The van der Waals surface area contributed by atoms with E-state index >= 15 is 0 Å². The van der Waals surface area contributed by atoms with Crippen LogP contribution in [0.2, 0.25) is 0 Å². The van der Waals surface area contributed by atoms with Crippen LogP contribution in [0.5, 0.6) is 0 Å². The van der Waals surface area contributed by atoms with Crippen molar-refractivity contribution in [1.82, 2.24) is 5.32 Å². The normalized spacial score (nSPS) is 27.1. The Balaban J connectivity index is 2.17. The molecule has 2 atom stereocenters. The van der Waals surface area contributed by atoms with Gasteiger partial charge in [-0.15, -0.1) is 0 Å². The Hall–Kier alpha value is -0.570. The molecule has 0 aromatic carbocycles. The molecule has 1 saturated carbocycles. The lowest BCUT2D eigenvalue weighted by molar-refractivity contribution is -0.142. The summed E-state index contributed by atoms with van der Waals surface area (Å²) in [7, 11) is 0. The Morgan fingerprint density at radius 1 is 1.33 bits per heavy atom. The van der Waals surface area contributed by atoms with Gasteiger partial charge < -0.3 is 10.1 Å². The molecular formula is C12H23NO2. The summed E-state index contributed by atoms with van der Waals surface area (Å²) in [6.07, 6.45) is 6.28. The van der Waals surface area contributed by atoms with Crippen molar-refractivity contribution >= 4 is 5.97 Å². The molecule has 0 spiro atoms. The Bertz CT molecular complexity index is 194. The van der Waals surface area contributed by atoms with Crippen molar-refractivity contribution in [3.63, 3.8) is 0 Å². The first kappa shape index (κ1) is 12.5. The van der Waals surface area contributed by atoms with E-state index in [0.29, 0.717) is 19.2 Å². The molecule has 1 aliphatic rings. The van der Waals surface area contributed by atoms with Gasteiger partial charge in [0.2, 0.25) is 0 Å². The van der Waals surface area contributed by atoms with Crippen LogP contribution in [0.15, 0.2) is 0 Å². The van der Waals surface area contributed by atoms with Gasteiger partial charge in [-0.2, -0.15) is 0 Å². The van der Waals surface area contributed by atoms with Crippen molar-refractivity contribution in [2.75, 3.05) is 13.2 Å². The molecule has 1 aliphatic carbocycles. The van der Waals surface area contributed by atoms with Crippen molar-refractivity contribution in [1.29, 1.82) is 0 Å². The van der Waals surface area contributed by atoms with Gasteiger partial charge in [-0.25, -0.2) is 0 Å². The van der Waals surface area contributed by atoms with Crippen molar-refractivity contribution in [3.8, 4) is 0 Å². The highest BCUT2D eigenvalue weighted by molar-refractivity contribution is 5.71. The van der Waals surface area contributed by atoms with E-state index in [1.54, 1.807) is 0 Å². The molecule has 0 radical (unpaired) electrons. The highest BCUT2D eigenvalue weighted by Gasteiger charge is 2.16. The second-order valence-electron chi connectivity index (χ2n) is 4.50. The fraction of sp³-hybridized carbons (Fsp3) is 0.917. The third-order valence-electron chi connectivity index (χ3n) is 3.10. The van der Waals surface area contributed by atoms with Gasteiger partial charge in [0, 0.05) is 6.04 Å². The summed E-state index contributed by atoms with van der Waals surface area (Å²) in [6, 6.07) is 0.513. The van der Waals surface area contributed by atoms with E-state index in [4.69, 9.17) is 4.74 Å². The highest BCUT2D eigenvalue weighted by Crippen LogP contribution is 2.22. The summed E-state index contributed by atoms with van der Waals surface area (Å²) in [5.41, 5.74) is 0. The summed E-state index contributed by atoms with van der Waals surface area (Å²) in [5.74, 6) is 0.717. The zero-order valence-corrected chi connectivity index (χ0v) is 9.92. The topological polar surface area (TPSA) is 38.3 Å². The number of carbonyl (C=O) groups excluding carboxylic acids is 1. The third kappa shape index (κ3) is 5.17. The molecule has 1 rings (SSSR count). The van der Waals surface area contributed by atoms with E-state index < -0.39 is 0 Å². The molecule has 0 heterocycles. The fourth-order valence-corrected chi connectivity index (χ4v) is 2.13. The van der Waals surface area contributed by atoms with E-state index in [2.05, 4.69) is 12.2 Å². The van der Waals surface area contributed by atoms with Crippen LogP contribution in [0.1, 0.15) is 46.0 Å². The first-order chi connectivity index (χ1) is 7.22. The number of rotatable bonds is 4. The third-order valence-corrected chi connectivity index (χ3v) is 3.10. The van der Waals surface area contributed by atoms with Crippen LogP contribution in [-0.2, 0) is 9.53 Å². The fourth-order valence-electron chi connectivity index (χ4n) is 2.13. The van der Waals surface area contributed by atoms with Crippen molar-refractivity contribution < 1.29 is 9.53 Å². The number of ether oxygens (including phenoxy) is 1. The summed E-state index contributed by atoms with van der Waals surface area (Å²) in [4.78, 5) is 11.2. The lowest BCUT2D eigenvalue weighted by Gasteiger charge is -2.15. The zero-order valence-electron chi connectivity index (χ0n) is 9.92. The van der Waals surface area contributed by atoms with Crippen molar-refractivity contribution in [2.45, 2.75) is 52.0 Å². The van der Waals surface area contributed by atoms with E-state index in [9.17, 15) is 4.79 Å². The predicted molar refractivity (Wildman–Crippen MR) is 60.7 cm³/mol. The maximum absolute atomic E-state index is 11.2. The highest BCUT2D eigenvalue weighted by atomic mass is 16.5. The zero-order chi connectivity index (χ0) is 11.1. The van der Waals surface area contributed by atoms with Gasteiger partial charge >= 0.3 is 5.97 Å². The molecule has 88 valence electrons. The van der Waals surface area contributed by atoms with E-state index in [-0.39, 0.29) is 5.97 Å². The van der Waals surface area contributed by atoms with Crippen LogP contribution in [0.25, 0.3) is 0 Å². The predicted octanol–water partition coefficient (Wildman–Crippen LogP) is 2.11. The molecule has 2 unspecified atom stereocenters. The first-order valence-electron chi connectivity index (χ1n) is 6.11. The minimum absolute atomic E-state index is 0.130. The van der Waals surface area contributed by atoms with Gasteiger partial charge in [0.25, 0.3) is 0 Å². The SMILES string of the molecule is CCOC(=O)CNC1CCCC(C)CC1. The summed E-state index contributed by atoms with van der Waals surface area (Å²) in [6.45, 7) is 4.99. The van der Waals surface area contributed by atoms with Crippen LogP contribution in [0, 0.1) is 5.92 Å². The van der Waals surface area contributed by atoms with E-state index in [1.165, 1.54) is 32.1 Å². The first-order valence-corrected chi connectivity index (χ1v) is 6.11. The second kappa shape index (κ2) is 6.83. The maximum atomic E-state index is 11.2. The minimum Gasteiger partial charge on any atom is -0.465 e. The number of nitrogens with one attached hydrogen (secondary N) is 1. The number of esters is 1. The van der Waals surface area contributed by atoms with Crippen LogP contribution >= 0.6 is 0 Å². The lowest BCUT2D eigenvalue weighted by Crippen LogP contribution is -2.34. The smallest absolute Gasteiger partial charge is 0.319 e. The van der Waals surface area contributed by atoms with E-state index in [0.717, 1.165) is 5.92 Å². The Morgan fingerprint density at radius 2 is 2.13 bits per heavy atom. The second-order valence-corrected chi connectivity index (χ2v) is 4.50. The molecule has 15 heavy (non-hydrogen) atoms. The average Bonchev–Trinajstić information content (AvgIpc) is 2.41. The summed E-state index contributed by atoms with van der Waals surface area (Å²) < 4.78 is 4.88. The summed E-state index contributed by atoms with van der Waals surface area (Å²) >= 11 is 0. The van der Waals surface area contributed by atoms with Crippen LogP contribution in [0.3, 0.4) is 0 Å².